The van der Waals surface area contributed by atoms with Gasteiger partial charge in [-0.25, -0.2) is 4.39 Å². The maximum absolute atomic E-state index is 13.9. The van der Waals surface area contributed by atoms with E-state index in [0.717, 1.165) is 11.3 Å². The van der Waals surface area contributed by atoms with Crippen molar-refractivity contribution in [3.63, 3.8) is 0 Å². The number of anilines is 1. The van der Waals surface area contributed by atoms with Crippen molar-refractivity contribution in [2.75, 3.05) is 11.9 Å². The smallest absolute Gasteiger partial charge is 0.251 e. The van der Waals surface area contributed by atoms with E-state index in [1.165, 1.54) is 18.2 Å². The van der Waals surface area contributed by atoms with Crippen molar-refractivity contribution >= 4 is 17.5 Å². The molecule has 24 heavy (non-hydrogen) atoms. The quantitative estimate of drug-likeness (QED) is 0.713. The molecule has 4 N–H and O–H groups in total. The predicted octanol–water partition coefficient (Wildman–Crippen LogP) is 1.65. The van der Waals surface area contributed by atoms with E-state index in [0.29, 0.717) is 12.3 Å². The van der Waals surface area contributed by atoms with Gasteiger partial charge in [0.2, 0.25) is 5.91 Å². The summed E-state index contributed by atoms with van der Waals surface area (Å²) in [5, 5.41) is 9.32. The first kappa shape index (κ1) is 17.5. The normalized spacial score (nSPS) is 10.5. The number of hydrogen-bond acceptors (Lipinski definition) is 5. The van der Waals surface area contributed by atoms with Crippen LogP contribution in [-0.4, -0.2) is 23.5 Å². The number of carbonyl (C=O) groups excluding carboxylic acids is 2. The zero-order valence-electron chi connectivity index (χ0n) is 13.5. The van der Waals surface area contributed by atoms with Crippen molar-refractivity contribution in [2.24, 2.45) is 5.73 Å². The molecule has 0 aliphatic heterocycles. The molecule has 0 spiro atoms. The first-order valence-electron chi connectivity index (χ1n) is 7.40. The molecule has 8 heteroatoms. The standard InChI is InChI=1S/C16H19FN4O3/c1-9-12(10(2)24-21-9)8-20-14-7-11(3-4-13(14)17)16(23)19-6-5-15(18)22/h3-4,7,20H,5-6,8H2,1-2H3,(H2,18,22)(H,19,23). The molecule has 0 atom stereocenters. The fourth-order valence-corrected chi connectivity index (χ4v) is 2.14. The lowest BCUT2D eigenvalue weighted by atomic mass is 10.1. The molecule has 0 unspecified atom stereocenters. The van der Waals surface area contributed by atoms with Gasteiger partial charge in [0, 0.05) is 30.6 Å². The first-order chi connectivity index (χ1) is 11.4. The molecular formula is C16H19FN4O3. The highest BCUT2D eigenvalue weighted by atomic mass is 19.1. The Labute approximate surface area is 138 Å². The van der Waals surface area contributed by atoms with Gasteiger partial charge in [-0.05, 0) is 32.0 Å². The fourth-order valence-electron chi connectivity index (χ4n) is 2.14. The van der Waals surface area contributed by atoms with E-state index in [1.807, 2.05) is 0 Å². The molecule has 1 heterocycles. The van der Waals surface area contributed by atoms with Crippen LogP contribution in [0.1, 0.15) is 33.8 Å². The van der Waals surface area contributed by atoms with E-state index in [9.17, 15) is 14.0 Å². The van der Waals surface area contributed by atoms with Crippen molar-refractivity contribution in [1.82, 2.24) is 10.5 Å². The molecule has 0 fully saturated rings. The minimum Gasteiger partial charge on any atom is -0.378 e. The number of nitrogens with one attached hydrogen (secondary N) is 2. The molecule has 1 aromatic heterocycles. The summed E-state index contributed by atoms with van der Waals surface area (Å²) >= 11 is 0. The van der Waals surface area contributed by atoms with Gasteiger partial charge in [0.05, 0.1) is 11.4 Å². The van der Waals surface area contributed by atoms with Gasteiger partial charge in [-0.1, -0.05) is 5.16 Å². The molecule has 7 nitrogen and oxygen atoms in total. The van der Waals surface area contributed by atoms with Crippen molar-refractivity contribution in [2.45, 2.75) is 26.8 Å². The van der Waals surface area contributed by atoms with Crippen LogP contribution in [0.25, 0.3) is 0 Å². The zero-order chi connectivity index (χ0) is 17.7. The second kappa shape index (κ2) is 7.58. The summed E-state index contributed by atoms with van der Waals surface area (Å²) in [4.78, 5) is 22.7. The number of nitrogens with two attached hydrogens (primary N) is 1. The van der Waals surface area contributed by atoms with Crippen LogP contribution >= 0.6 is 0 Å². The Morgan fingerprint density at radius 3 is 2.71 bits per heavy atom. The molecule has 128 valence electrons. The summed E-state index contributed by atoms with van der Waals surface area (Å²) < 4.78 is 19.0. The van der Waals surface area contributed by atoms with Gasteiger partial charge in [0.15, 0.2) is 0 Å². The van der Waals surface area contributed by atoms with Gasteiger partial charge in [-0.3, -0.25) is 9.59 Å². The minimum atomic E-state index is -0.503. The number of halogens is 1. The maximum Gasteiger partial charge on any atom is 0.251 e. The lowest BCUT2D eigenvalue weighted by molar-refractivity contribution is -0.117. The molecule has 0 saturated carbocycles. The topological polar surface area (TPSA) is 110 Å². The average Bonchev–Trinajstić information content (AvgIpc) is 2.85. The highest BCUT2D eigenvalue weighted by Crippen LogP contribution is 2.19. The summed E-state index contributed by atoms with van der Waals surface area (Å²) in [7, 11) is 0. The van der Waals surface area contributed by atoms with Crippen LogP contribution < -0.4 is 16.4 Å². The van der Waals surface area contributed by atoms with Crippen molar-refractivity contribution in [3.8, 4) is 0 Å². The largest absolute Gasteiger partial charge is 0.378 e. The molecular weight excluding hydrogens is 315 g/mol. The van der Waals surface area contributed by atoms with Crippen molar-refractivity contribution in [1.29, 1.82) is 0 Å². The SMILES string of the molecule is Cc1noc(C)c1CNc1cc(C(=O)NCCC(N)=O)ccc1F. The van der Waals surface area contributed by atoms with Gasteiger partial charge in [-0.2, -0.15) is 0 Å². The molecule has 2 amide bonds. The van der Waals surface area contributed by atoms with Crippen LogP contribution in [0.5, 0.6) is 0 Å². The summed E-state index contributed by atoms with van der Waals surface area (Å²) in [6, 6.07) is 3.99. The van der Waals surface area contributed by atoms with Gasteiger partial charge in [-0.15, -0.1) is 0 Å². The number of carbonyl (C=O) groups is 2. The van der Waals surface area contributed by atoms with Crippen LogP contribution in [0, 0.1) is 19.7 Å². The van der Waals surface area contributed by atoms with E-state index >= 15 is 0 Å². The Bertz CT molecular complexity index is 738. The highest BCUT2D eigenvalue weighted by Gasteiger charge is 2.12. The average molecular weight is 334 g/mol. The number of aromatic nitrogens is 1. The van der Waals surface area contributed by atoms with Crippen LogP contribution in [0.15, 0.2) is 22.7 Å². The molecule has 2 aromatic rings. The first-order valence-corrected chi connectivity index (χ1v) is 7.40. The lowest BCUT2D eigenvalue weighted by Gasteiger charge is -2.10. The molecule has 1 aromatic carbocycles. The van der Waals surface area contributed by atoms with Crippen LogP contribution in [0.4, 0.5) is 10.1 Å². The molecule has 0 saturated heterocycles. The van der Waals surface area contributed by atoms with Crippen molar-refractivity contribution < 1.29 is 18.5 Å². The third-order valence-corrected chi connectivity index (χ3v) is 3.52. The van der Waals surface area contributed by atoms with E-state index in [-0.39, 0.29) is 24.2 Å². The Hall–Kier alpha value is -2.90. The number of hydrogen-bond donors (Lipinski definition) is 3. The summed E-state index contributed by atoms with van der Waals surface area (Å²) in [6.07, 6.45) is 0.0457. The predicted molar refractivity (Wildman–Crippen MR) is 85.8 cm³/mol. The van der Waals surface area contributed by atoms with Crippen LogP contribution in [0.3, 0.4) is 0 Å². The summed E-state index contributed by atoms with van der Waals surface area (Å²) in [6.45, 7) is 4.03. The number of benzene rings is 1. The van der Waals surface area contributed by atoms with Crippen LogP contribution in [0.2, 0.25) is 0 Å². The highest BCUT2D eigenvalue weighted by molar-refractivity contribution is 5.95. The Balaban J connectivity index is 2.05. The fraction of sp³-hybridized carbons (Fsp3) is 0.312. The molecule has 0 aliphatic rings. The van der Waals surface area contributed by atoms with E-state index in [4.69, 9.17) is 10.3 Å². The number of nitrogens with zero attached hydrogens (tertiary/aromatic N) is 1. The number of primary amides is 1. The van der Waals surface area contributed by atoms with Gasteiger partial charge in [0.25, 0.3) is 5.91 Å². The third kappa shape index (κ3) is 4.31. The summed E-state index contributed by atoms with van der Waals surface area (Å²) in [5.41, 5.74) is 7.04. The van der Waals surface area contributed by atoms with Crippen LogP contribution in [-0.2, 0) is 11.3 Å². The molecule has 2 rings (SSSR count). The second-order valence-electron chi connectivity index (χ2n) is 5.32. The van der Waals surface area contributed by atoms with Gasteiger partial charge < -0.3 is 20.9 Å². The van der Waals surface area contributed by atoms with Gasteiger partial charge in [0.1, 0.15) is 11.6 Å². The van der Waals surface area contributed by atoms with E-state index < -0.39 is 17.6 Å². The summed E-state index contributed by atoms with van der Waals surface area (Å²) in [5.74, 6) is -0.732. The third-order valence-electron chi connectivity index (χ3n) is 3.52. The Morgan fingerprint density at radius 2 is 2.08 bits per heavy atom. The zero-order valence-corrected chi connectivity index (χ0v) is 13.5. The second-order valence-corrected chi connectivity index (χ2v) is 5.32. The number of amides is 2. The molecule has 0 aliphatic carbocycles. The molecule has 0 bridgehead atoms. The van der Waals surface area contributed by atoms with Gasteiger partial charge >= 0.3 is 0 Å². The molecule has 0 radical (unpaired) electrons. The van der Waals surface area contributed by atoms with E-state index in [2.05, 4.69) is 15.8 Å². The Kier molecular flexibility index (Phi) is 5.51. The van der Waals surface area contributed by atoms with E-state index in [1.54, 1.807) is 13.8 Å². The number of aryl methyl sites for hydroxylation is 2. The number of rotatable bonds is 7. The Morgan fingerprint density at radius 1 is 1.33 bits per heavy atom. The van der Waals surface area contributed by atoms with Crippen molar-refractivity contribution in [3.05, 3.63) is 46.6 Å². The monoisotopic (exact) mass is 334 g/mol. The maximum atomic E-state index is 13.9. The lowest BCUT2D eigenvalue weighted by Crippen LogP contribution is -2.27. The minimum absolute atomic E-state index is 0.0457.